The Morgan fingerprint density at radius 2 is 1.76 bits per heavy atom. The van der Waals surface area contributed by atoms with Crippen LogP contribution in [0.3, 0.4) is 0 Å². The maximum absolute atomic E-state index is 14.6. The minimum absolute atomic E-state index is 0.0171. The zero-order chi connectivity index (χ0) is 29.6. The van der Waals surface area contributed by atoms with Crippen molar-refractivity contribution in [3.63, 3.8) is 0 Å². The summed E-state index contributed by atoms with van der Waals surface area (Å²) in [4.78, 5) is 19.7. The molecule has 2 aromatic carbocycles. The van der Waals surface area contributed by atoms with Gasteiger partial charge in [0, 0.05) is 12.4 Å². The van der Waals surface area contributed by atoms with Crippen molar-refractivity contribution < 1.29 is 32.4 Å². The topological polar surface area (TPSA) is 63.9 Å². The van der Waals surface area contributed by atoms with Gasteiger partial charge in [-0.2, -0.15) is 4.58 Å². The molecule has 7 nitrogen and oxygen atoms in total. The van der Waals surface area contributed by atoms with E-state index in [4.69, 9.17) is 14.2 Å². The molecule has 1 amide bonds. The molecule has 1 aromatic heterocycles. The van der Waals surface area contributed by atoms with Crippen LogP contribution in [0.1, 0.15) is 55.9 Å². The second-order valence-corrected chi connectivity index (χ2v) is 11.6. The number of hydrogen-bond acceptors (Lipinski definition) is 5. The third kappa shape index (κ3) is 5.34. The number of ether oxygens (including phenoxy) is 3. The predicted molar refractivity (Wildman–Crippen MR) is 154 cm³/mol. The lowest BCUT2D eigenvalue weighted by Gasteiger charge is -2.33. The smallest absolute Gasteiger partial charge is 0.319 e. The van der Waals surface area contributed by atoms with Crippen LogP contribution >= 0.6 is 0 Å². The van der Waals surface area contributed by atoms with Crippen LogP contribution < -0.4 is 4.74 Å². The molecule has 3 aliphatic heterocycles. The highest BCUT2D eigenvalue weighted by molar-refractivity contribution is 6.59. The number of halogens is 2. The Kier molecular flexibility index (Phi) is 7.41. The zero-order valence-electron chi connectivity index (χ0n) is 24.2. The first-order valence-electron chi connectivity index (χ1n) is 14.2. The van der Waals surface area contributed by atoms with Gasteiger partial charge >= 0.3 is 5.91 Å². The molecule has 4 heterocycles. The van der Waals surface area contributed by atoms with Crippen LogP contribution in [0.4, 0.5) is 8.78 Å². The third-order valence-electron chi connectivity index (χ3n) is 7.90. The van der Waals surface area contributed by atoms with Crippen LogP contribution in [0, 0.1) is 11.6 Å². The van der Waals surface area contributed by atoms with E-state index in [1.807, 2.05) is 56.9 Å². The second kappa shape index (κ2) is 11.0. The van der Waals surface area contributed by atoms with E-state index in [1.165, 1.54) is 12.1 Å². The van der Waals surface area contributed by atoms with Gasteiger partial charge in [0.15, 0.2) is 12.3 Å². The number of hydrogen-bond donors (Lipinski definition) is 0. The van der Waals surface area contributed by atoms with Crippen LogP contribution in [0.25, 0.3) is 11.3 Å². The Hall–Kier alpha value is -3.95. The summed E-state index contributed by atoms with van der Waals surface area (Å²) in [5, 5.41) is 0. The maximum atomic E-state index is 14.6. The highest BCUT2D eigenvalue weighted by atomic mass is 19.1. The molecule has 0 saturated carbocycles. The zero-order valence-corrected chi connectivity index (χ0v) is 24.2. The van der Waals surface area contributed by atoms with Crippen LogP contribution in [-0.2, 0) is 20.9 Å². The fourth-order valence-corrected chi connectivity index (χ4v) is 5.68. The minimum Gasteiger partial charge on any atom is -0.489 e. The highest BCUT2D eigenvalue weighted by Gasteiger charge is 2.50. The van der Waals surface area contributed by atoms with Gasteiger partial charge in [0.25, 0.3) is 5.71 Å². The molecule has 218 valence electrons. The molecule has 0 spiro atoms. The number of nitrogens with zero attached hydrogens (tertiary/aromatic N) is 3. The molecule has 1 atom stereocenters. The predicted octanol–water partition coefficient (Wildman–Crippen LogP) is 5.39. The summed E-state index contributed by atoms with van der Waals surface area (Å²) in [5.41, 5.74) is 4.75. The fraction of sp³-hybridized carbons (Fsp3) is 0.364. The van der Waals surface area contributed by atoms with Crippen molar-refractivity contribution in [1.82, 2.24) is 9.88 Å². The summed E-state index contributed by atoms with van der Waals surface area (Å²) in [7, 11) is 0. The number of amides is 1. The van der Waals surface area contributed by atoms with E-state index in [-0.39, 0.29) is 30.1 Å². The van der Waals surface area contributed by atoms with Crippen molar-refractivity contribution in [1.29, 1.82) is 0 Å². The quantitative estimate of drug-likeness (QED) is 0.338. The van der Waals surface area contributed by atoms with Crippen molar-refractivity contribution in [2.24, 2.45) is 0 Å². The van der Waals surface area contributed by atoms with E-state index in [2.05, 4.69) is 9.56 Å². The molecule has 1 unspecified atom stereocenters. The summed E-state index contributed by atoms with van der Waals surface area (Å²) < 4.78 is 48.7. The standard InChI is InChI=1S/C33H34F2N3O4/c1-20(2)23-15-27(34)26(28(35)16-23)19-40-24-7-5-21(6-8-24)29-30(22-9-11-36-12-10-22)38-14-13-37(32(39)31(29)38)17-25-18-41-33(3,4)42-25/h5-12,15-16,20,25H,13-14,17-19H2,1-4H3/q+1. The molecule has 0 N–H and O–H groups in total. The van der Waals surface area contributed by atoms with Crippen molar-refractivity contribution >= 4 is 22.9 Å². The minimum atomic E-state index is -0.655. The normalized spacial score (nSPS) is 19.8. The van der Waals surface area contributed by atoms with Gasteiger partial charge in [-0.15, -0.1) is 0 Å². The number of carbonyl (C=O) groups excluding carboxylic acids is 1. The molecular weight excluding hydrogens is 540 g/mol. The van der Waals surface area contributed by atoms with Crippen LogP contribution in [0.2, 0.25) is 0 Å². The Balaban J connectivity index is 1.23. The van der Waals surface area contributed by atoms with Crippen LogP contribution in [0.5, 0.6) is 5.75 Å². The van der Waals surface area contributed by atoms with Crippen molar-refractivity contribution in [2.45, 2.75) is 52.1 Å². The lowest BCUT2D eigenvalue weighted by atomic mass is 9.87. The average molecular weight is 575 g/mol. The van der Waals surface area contributed by atoms with Gasteiger partial charge in [0.1, 0.15) is 35.7 Å². The molecule has 42 heavy (non-hydrogen) atoms. The molecule has 0 bridgehead atoms. The lowest BCUT2D eigenvalue weighted by Crippen LogP contribution is -2.55. The monoisotopic (exact) mass is 574 g/mol. The number of benzene rings is 2. The maximum Gasteiger partial charge on any atom is 0.319 e. The summed E-state index contributed by atoms with van der Waals surface area (Å²) in [5.74, 6) is -1.46. The largest absolute Gasteiger partial charge is 0.489 e. The van der Waals surface area contributed by atoms with Crippen LogP contribution in [0.15, 0.2) is 60.9 Å². The van der Waals surface area contributed by atoms with Crippen molar-refractivity contribution in [2.75, 3.05) is 26.2 Å². The molecule has 3 aliphatic rings. The second-order valence-electron chi connectivity index (χ2n) is 11.6. The molecule has 1 saturated heterocycles. The SMILES string of the molecule is CC(C)c1cc(F)c(COc2ccc(C3=C(c4ccncc4)[N+]4=C3C(=O)N(CC3COC(C)(C)O3)CC4)cc2)c(F)c1. The molecule has 6 rings (SSSR count). The van der Waals surface area contributed by atoms with Gasteiger partial charge in [0.05, 0.1) is 30.8 Å². The average Bonchev–Trinajstić information content (AvgIpc) is 3.29. The van der Waals surface area contributed by atoms with E-state index >= 15 is 0 Å². The summed E-state index contributed by atoms with van der Waals surface area (Å²) in [6, 6.07) is 13.8. The first kappa shape index (κ1) is 28.2. The summed E-state index contributed by atoms with van der Waals surface area (Å²) in [6.45, 7) is 9.42. The Morgan fingerprint density at radius 1 is 1.07 bits per heavy atom. The van der Waals surface area contributed by atoms with Gasteiger partial charge in [-0.1, -0.05) is 26.0 Å². The van der Waals surface area contributed by atoms with E-state index in [1.54, 1.807) is 24.5 Å². The first-order chi connectivity index (χ1) is 20.1. The number of aromatic nitrogens is 1. The van der Waals surface area contributed by atoms with Crippen molar-refractivity contribution in [3.05, 3.63) is 94.8 Å². The number of pyridine rings is 1. The summed E-state index contributed by atoms with van der Waals surface area (Å²) in [6.07, 6.45) is 3.28. The van der Waals surface area contributed by atoms with E-state index < -0.39 is 17.4 Å². The number of carbonyl (C=O) groups is 1. The summed E-state index contributed by atoms with van der Waals surface area (Å²) >= 11 is 0. The molecular formula is C33H34F2N3O4+. The van der Waals surface area contributed by atoms with Gasteiger partial charge < -0.3 is 19.1 Å². The Bertz CT molecular complexity index is 1560. The Morgan fingerprint density at radius 3 is 2.38 bits per heavy atom. The van der Waals surface area contributed by atoms with Gasteiger partial charge in [-0.3, -0.25) is 9.78 Å². The van der Waals surface area contributed by atoms with Gasteiger partial charge in [-0.25, -0.2) is 8.78 Å². The Labute approximate surface area is 244 Å². The first-order valence-corrected chi connectivity index (χ1v) is 14.2. The molecule has 0 radical (unpaired) electrons. The number of rotatable bonds is 8. The molecule has 0 aliphatic carbocycles. The molecule has 9 heteroatoms. The molecule has 1 fully saturated rings. The van der Waals surface area contributed by atoms with Crippen molar-refractivity contribution in [3.8, 4) is 5.75 Å². The lowest BCUT2D eigenvalue weighted by molar-refractivity contribution is -0.442. The molecule has 3 aromatic rings. The van der Waals surface area contributed by atoms with Gasteiger partial charge in [-0.05, 0) is 67.3 Å². The van der Waals surface area contributed by atoms with Crippen LogP contribution in [-0.4, -0.2) is 64.2 Å². The third-order valence-corrected chi connectivity index (χ3v) is 7.90. The highest BCUT2D eigenvalue weighted by Crippen LogP contribution is 2.39. The van der Waals surface area contributed by atoms with Gasteiger partial charge in [0.2, 0.25) is 5.70 Å². The van der Waals surface area contributed by atoms with E-state index in [0.29, 0.717) is 43.3 Å². The van der Waals surface area contributed by atoms with E-state index in [0.717, 1.165) is 22.4 Å². The fourth-order valence-electron chi connectivity index (χ4n) is 5.68. The van der Waals surface area contributed by atoms with E-state index in [9.17, 15) is 13.6 Å².